The maximum Gasteiger partial charge on any atom is 0.173 e. The Labute approximate surface area is 114 Å². The zero-order chi connectivity index (χ0) is 13.4. The average Bonchev–Trinajstić information content (AvgIpc) is 2.81. The van der Waals surface area contributed by atoms with Crippen molar-refractivity contribution in [1.29, 1.82) is 5.26 Å². The molecule has 0 spiro atoms. The van der Waals surface area contributed by atoms with Crippen molar-refractivity contribution in [3.8, 4) is 17.3 Å². The highest BCUT2D eigenvalue weighted by Gasteiger charge is 2.11. The predicted octanol–water partition coefficient (Wildman–Crippen LogP) is 3.23. The molecule has 2 heterocycles. The van der Waals surface area contributed by atoms with Gasteiger partial charge in [0.25, 0.3) is 0 Å². The highest BCUT2D eigenvalue weighted by molar-refractivity contribution is 6.30. The molecule has 0 aliphatic carbocycles. The van der Waals surface area contributed by atoms with E-state index in [9.17, 15) is 0 Å². The van der Waals surface area contributed by atoms with Crippen molar-refractivity contribution in [1.82, 2.24) is 14.6 Å². The van der Waals surface area contributed by atoms with Crippen LogP contribution in [-0.2, 0) is 0 Å². The van der Waals surface area contributed by atoms with Gasteiger partial charge in [-0.3, -0.25) is 0 Å². The van der Waals surface area contributed by atoms with Crippen molar-refractivity contribution in [3.05, 3.63) is 52.8 Å². The Kier molecular flexibility index (Phi) is 2.69. The van der Waals surface area contributed by atoms with Crippen molar-refractivity contribution >= 4 is 17.2 Å². The van der Waals surface area contributed by atoms with Gasteiger partial charge in [-0.05, 0) is 25.1 Å². The second-order valence-corrected chi connectivity index (χ2v) is 4.63. The van der Waals surface area contributed by atoms with Gasteiger partial charge in [-0.1, -0.05) is 23.7 Å². The van der Waals surface area contributed by atoms with Gasteiger partial charge in [0.1, 0.15) is 11.6 Å². The van der Waals surface area contributed by atoms with E-state index in [1.165, 1.54) is 6.20 Å². The topological polar surface area (TPSA) is 54.0 Å². The fourth-order valence-corrected chi connectivity index (χ4v) is 2.12. The first-order valence-electron chi connectivity index (χ1n) is 5.70. The van der Waals surface area contributed by atoms with Crippen LogP contribution in [0.25, 0.3) is 16.9 Å². The molecule has 0 saturated heterocycles. The van der Waals surface area contributed by atoms with Crippen LogP contribution in [0.1, 0.15) is 11.3 Å². The van der Waals surface area contributed by atoms with E-state index in [2.05, 4.69) is 16.2 Å². The molecular weight excluding hydrogens is 260 g/mol. The molecule has 0 aliphatic heterocycles. The summed E-state index contributed by atoms with van der Waals surface area (Å²) in [6.07, 6.45) is 1.53. The monoisotopic (exact) mass is 268 g/mol. The zero-order valence-corrected chi connectivity index (χ0v) is 10.9. The van der Waals surface area contributed by atoms with Crippen LogP contribution in [-0.4, -0.2) is 14.6 Å². The second-order valence-electron chi connectivity index (χ2n) is 4.20. The summed E-state index contributed by atoms with van der Waals surface area (Å²) in [4.78, 5) is 4.36. The first-order chi connectivity index (χ1) is 9.19. The smallest absolute Gasteiger partial charge is 0.173 e. The van der Waals surface area contributed by atoms with Crippen molar-refractivity contribution in [3.63, 3.8) is 0 Å². The molecule has 0 bridgehead atoms. The summed E-state index contributed by atoms with van der Waals surface area (Å²) in [7, 11) is 0. The van der Waals surface area contributed by atoms with Gasteiger partial charge in [0.05, 0.1) is 11.9 Å². The third-order valence-corrected chi connectivity index (χ3v) is 3.11. The van der Waals surface area contributed by atoms with Crippen LogP contribution in [0.15, 0.2) is 36.5 Å². The Morgan fingerprint density at radius 2 is 2.00 bits per heavy atom. The molecule has 4 nitrogen and oxygen atoms in total. The molecule has 0 aliphatic rings. The number of nitrogens with zero attached hydrogens (tertiary/aromatic N) is 4. The number of aromatic nitrogens is 3. The molecule has 19 heavy (non-hydrogen) atoms. The Hall–Kier alpha value is -2.38. The molecule has 5 heteroatoms. The van der Waals surface area contributed by atoms with Gasteiger partial charge in [0, 0.05) is 16.3 Å². The number of fused-ring (bicyclic) bond motifs is 1. The van der Waals surface area contributed by atoms with Crippen molar-refractivity contribution in [2.24, 2.45) is 0 Å². The van der Waals surface area contributed by atoms with Gasteiger partial charge in [0.15, 0.2) is 5.65 Å². The Balaban J connectivity index is 2.32. The fourth-order valence-electron chi connectivity index (χ4n) is 1.99. The molecule has 0 saturated carbocycles. The summed E-state index contributed by atoms with van der Waals surface area (Å²) >= 11 is 5.90. The summed E-state index contributed by atoms with van der Waals surface area (Å²) in [5, 5.41) is 14.0. The van der Waals surface area contributed by atoms with E-state index in [0.29, 0.717) is 16.2 Å². The minimum absolute atomic E-state index is 0.471. The zero-order valence-electron chi connectivity index (χ0n) is 10.1. The summed E-state index contributed by atoms with van der Waals surface area (Å²) in [6.45, 7) is 1.90. The van der Waals surface area contributed by atoms with E-state index < -0.39 is 0 Å². The number of hydrogen-bond donors (Lipinski definition) is 0. The lowest BCUT2D eigenvalue weighted by Gasteiger charge is -2.06. The summed E-state index contributed by atoms with van der Waals surface area (Å²) in [5.41, 5.74) is 3.76. The van der Waals surface area contributed by atoms with E-state index in [1.54, 1.807) is 4.52 Å². The molecule has 0 atom stereocenters. The molecule has 92 valence electrons. The maximum atomic E-state index is 9.05. The number of rotatable bonds is 1. The average molecular weight is 269 g/mol. The first-order valence-corrected chi connectivity index (χ1v) is 6.08. The van der Waals surface area contributed by atoms with E-state index >= 15 is 0 Å². The van der Waals surface area contributed by atoms with Gasteiger partial charge in [0.2, 0.25) is 0 Å². The quantitative estimate of drug-likeness (QED) is 0.681. The number of hydrogen-bond acceptors (Lipinski definition) is 3. The Morgan fingerprint density at radius 1 is 1.26 bits per heavy atom. The summed E-state index contributed by atoms with van der Waals surface area (Å²) in [5.74, 6) is 0. The van der Waals surface area contributed by atoms with Crippen LogP contribution in [0.2, 0.25) is 5.02 Å². The molecule has 3 rings (SSSR count). The Morgan fingerprint density at radius 3 is 2.68 bits per heavy atom. The van der Waals surface area contributed by atoms with Crippen molar-refractivity contribution < 1.29 is 0 Å². The lowest BCUT2D eigenvalue weighted by molar-refractivity contribution is 0.938. The predicted molar refractivity (Wildman–Crippen MR) is 72.9 cm³/mol. The minimum atomic E-state index is 0.471. The normalized spacial score (nSPS) is 10.6. The molecule has 0 fully saturated rings. The minimum Gasteiger partial charge on any atom is -0.233 e. The van der Waals surface area contributed by atoms with Crippen LogP contribution in [0.4, 0.5) is 0 Å². The third-order valence-electron chi connectivity index (χ3n) is 2.86. The van der Waals surface area contributed by atoms with E-state index in [0.717, 1.165) is 17.0 Å². The number of halogens is 1. The van der Waals surface area contributed by atoms with E-state index in [1.807, 2.05) is 37.3 Å². The third kappa shape index (κ3) is 1.94. The lowest BCUT2D eigenvalue weighted by atomic mass is 10.1. The molecular formula is C14H9ClN4. The molecule has 1 aromatic carbocycles. The van der Waals surface area contributed by atoms with Gasteiger partial charge in [-0.2, -0.15) is 10.4 Å². The molecule has 3 aromatic rings. The van der Waals surface area contributed by atoms with Gasteiger partial charge in [-0.25, -0.2) is 9.50 Å². The fraction of sp³-hybridized carbons (Fsp3) is 0.0714. The summed E-state index contributed by atoms with van der Waals surface area (Å²) < 4.78 is 1.68. The molecule has 0 amide bonds. The number of benzene rings is 1. The SMILES string of the molecule is Cc1cc(-c2ccc(Cl)cc2)n2ncc(C#N)c2n1. The lowest BCUT2D eigenvalue weighted by Crippen LogP contribution is -1.98. The van der Waals surface area contributed by atoms with Crippen LogP contribution < -0.4 is 0 Å². The first kappa shape index (κ1) is 11.7. The largest absolute Gasteiger partial charge is 0.233 e. The molecule has 2 aromatic heterocycles. The number of aryl methyl sites for hydroxylation is 1. The second kappa shape index (κ2) is 4.38. The van der Waals surface area contributed by atoms with Crippen LogP contribution in [0.5, 0.6) is 0 Å². The van der Waals surface area contributed by atoms with Gasteiger partial charge in [-0.15, -0.1) is 0 Å². The maximum absolute atomic E-state index is 9.05. The molecule has 0 N–H and O–H groups in total. The van der Waals surface area contributed by atoms with Gasteiger partial charge < -0.3 is 0 Å². The standard InChI is InChI=1S/C14H9ClN4/c1-9-6-13(10-2-4-12(15)5-3-10)19-14(18-9)11(7-16)8-17-19/h2-6,8H,1H3. The highest BCUT2D eigenvalue weighted by Crippen LogP contribution is 2.23. The van der Waals surface area contributed by atoms with Crippen LogP contribution >= 0.6 is 11.6 Å². The Bertz CT molecular complexity index is 797. The molecule has 0 unspecified atom stereocenters. The molecule has 0 radical (unpaired) electrons. The van der Waals surface area contributed by atoms with Crippen LogP contribution in [0.3, 0.4) is 0 Å². The van der Waals surface area contributed by atoms with E-state index in [-0.39, 0.29) is 0 Å². The van der Waals surface area contributed by atoms with E-state index in [4.69, 9.17) is 16.9 Å². The van der Waals surface area contributed by atoms with Crippen LogP contribution in [0, 0.1) is 18.3 Å². The number of nitriles is 1. The van der Waals surface area contributed by atoms with Crippen molar-refractivity contribution in [2.75, 3.05) is 0 Å². The van der Waals surface area contributed by atoms with Gasteiger partial charge >= 0.3 is 0 Å². The highest BCUT2D eigenvalue weighted by atomic mass is 35.5. The van der Waals surface area contributed by atoms with Crippen molar-refractivity contribution in [2.45, 2.75) is 6.92 Å². The summed E-state index contributed by atoms with van der Waals surface area (Å²) in [6, 6.07) is 11.5.